The van der Waals surface area contributed by atoms with Crippen molar-refractivity contribution in [1.29, 1.82) is 0 Å². The van der Waals surface area contributed by atoms with Crippen molar-refractivity contribution >= 4 is 0 Å². The Morgan fingerprint density at radius 3 is 2.35 bits per heavy atom. The topological polar surface area (TPSA) is 40.5 Å². The molecule has 0 radical (unpaired) electrons. The van der Waals surface area contributed by atoms with Crippen LogP contribution in [0.15, 0.2) is 12.2 Å². The molecule has 2 nitrogen and oxygen atoms in total. The molecule has 102 valence electrons. The maximum Gasteiger partial charge on any atom is 0.0649 e. The summed E-state index contributed by atoms with van der Waals surface area (Å²) in [6.45, 7) is 7.85. The maximum absolute atomic E-state index is 10.1. The Morgan fingerprint density at radius 1 is 1.18 bits per heavy atom. The highest BCUT2D eigenvalue weighted by Crippen LogP contribution is 2.22. The first kappa shape index (κ1) is 16.7. The van der Waals surface area contributed by atoms with Gasteiger partial charge in [0.2, 0.25) is 0 Å². The van der Waals surface area contributed by atoms with E-state index in [1.807, 2.05) is 0 Å². The minimum atomic E-state index is -0.763. The summed E-state index contributed by atoms with van der Waals surface area (Å²) in [6, 6.07) is 0. The molecule has 3 unspecified atom stereocenters. The van der Waals surface area contributed by atoms with E-state index in [1.165, 1.54) is 19.3 Å². The van der Waals surface area contributed by atoms with Crippen LogP contribution in [0.3, 0.4) is 0 Å². The number of hydrogen-bond acceptors (Lipinski definition) is 2. The lowest BCUT2D eigenvalue weighted by Gasteiger charge is -2.26. The highest BCUT2D eigenvalue weighted by Gasteiger charge is 2.24. The Hall–Kier alpha value is -0.340. The first-order chi connectivity index (χ1) is 7.87. The lowest BCUT2D eigenvalue weighted by molar-refractivity contribution is -0.00383. The van der Waals surface area contributed by atoms with Gasteiger partial charge in [0.15, 0.2) is 0 Å². The lowest BCUT2D eigenvalue weighted by atomic mass is 9.88. The van der Waals surface area contributed by atoms with Crippen molar-refractivity contribution in [1.82, 2.24) is 0 Å². The van der Waals surface area contributed by atoms with Crippen LogP contribution < -0.4 is 0 Å². The molecule has 0 bridgehead atoms. The number of allylic oxidation sites excluding steroid dienone is 2. The van der Waals surface area contributed by atoms with E-state index in [0.717, 1.165) is 6.42 Å². The lowest BCUT2D eigenvalue weighted by Crippen LogP contribution is -2.30. The second-order valence-corrected chi connectivity index (χ2v) is 5.66. The third kappa shape index (κ3) is 10.5. The summed E-state index contributed by atoms with van der Waals surface area (Å²) in [5.41, 5.74) is -0.763. The standard InChI is InChI=1S/C15H30O2/c1-5-6-7-8-9-10-13(2)11-15(4,17)12-14(3)16/h9-10,13-14,16-17H,5-8,11-12H2,1-4H3. The van der Waals surface area contributed by atoms with E-state index in [4.69, 9.17) is 0 Å². The van der Waals surface area contributed by atoms with Gasteiger partial charge < -0.3 is 10.2 Å². The van der Waals surface area contributed by atoms with Crippen LogP contribution in [-0.2, 0) is 0 Å². The number of rotatable bonds is 9. The summed E-state index contributed by atoms with van der Waals surface area (Å²) in [7, 11) is 0. The van der Waals surface area contributed by atoms with Gasteiger partial charge in [0.25, 0.3) is 0 Å². The molecule has 0 aromatic heterocycles. The van der Waals surface area contributed by atoms with Gasteiger partial charge in [-0.3, -0.25) is 0 Å². The molecule has 0 aliphatic carbocycles. The van der Waals surface area contributed by atoms with Crippen LogP contribution >= 0.6 is 0 Å². The van der Waals surface area contributed by atoms with Crippen molar-refractivity contribution in [2.45, 2.75) is 77.9 Å². The molecule has 0 spiro atoms. The zero-order valence-electron chi connectivity index (χ0n) is 11.9. The van der Waals surface area contributed by atoms with Crippen molar-refractivity contribution in [3.05, 3.63) is 12.2 Å². The van der Waals surface area contributed by atoms with Crippen LogP contribution in [-0.4, -0.2) is 21.9 Å². The van der Waals surface area contributed by atoms with Crippen LogP contribution in [0, 0.1) is 5.92 Å². The van der Waals surface area contributed by atoms with E-state index in [2.05, 4.69) is 26.0 Å². The first-order valence-corrected chi connectivity index (χ1v) is 6.94. The van der Waals surface area contributed by atoms with Gasteiger partial charge in [-0.1, -0.05) is 38.8 Å². The quantitative estimate of drug-likeness (QED) is 0.478. The van der Waals surface area contributed by atoms with E-state index >= 15 is 0 Å². The Bertz CT molecular complexity index is 207. The van der Waals surface area contributed by atoms with Crippen molar-refractivity contribution in [2.24, 2.45) is 5.92 Å². The van der Waals surface area contributed by atoms with Gasteiger partial charge in [-0.05, 0) is 39.0 Å². The minimum absolute atomic E-state index is 0.366. The van der Waals surface area contributed by atoms with Crippen molar-refractivity contribution in [2.75, 3.05) is 0 Å². The summed E-state index contributed by atoms with van der Waals surface area (Å²) in [5, 5.41) is 19.4. The van der Waals surface area contributed by atoms with Gasteiger partial charge in [0.1, 0.15) is 0 Å². The summed E-state index contributed by atoms with van der Waals surface area (Å²) >= 11 is 0. The number of aliphatic hydroxyl groups excluding tert-OH is 1. The molecular weight excluding hydrogens is 212 g/mol. The molecule has 3 atom stereocenters. The van der Waals surface area contributed by atoms with Crippen molar-refractivity contribution in [3.63, 3.8) is 0 Å². The van der Waals surface area contributed by atoms with Crippen LogP contribution in [0.5, 0.6) is 0 Å². The third-order valence-electron chi connectivity index (χ3n) is 2.94. The zero-order chi connectivity index (χ0) is 13.3. The molecule has 0 rings (SSSR count). The average molecular weight is 242 g/mol. The molecule has 0 aromatic rings. The number of aliphatic hydroxyl groups is 2. The molecule has 0 aliphatic rings. The molecule has 0 amide bonds. The minimum Gasteiger partial charge on any atom is -0.393 e. The normalized spacial score (nSPS) is 19.2. The van der Waals surface area contributed by atoms with Crippen LogP contribution in [0.25, 0.3) is 0 Å². The summed E-state index contributed by atoms with van der Waals surface area (Å²) < 4.78 is 0. The summed E-state index contributed by atoms with van der Waals surface area (Å²) in [4.78, 5) is 0. The van der Waals surface area contributed by atoms with Gasteiger partial charge in [0, 0.05) is 6.42 Å². The molecule has 0 aromatic carbocycles. The molecule has 2 heteroatoms. The Labute approximate surface area is 107 Å². The van der Waals surface area contributed by atoms with Crippen molar-refractivity contribution in [3.8, 4) is 0 Å². The smallest absolute Gasteiger partial charge is 0.0649 e. The van der Waals surface area contributed by atoms with E-state index in [0.29, 0.717) is 18.8 Å². The first-order valence-electron chi connectivity index (χ1n) is 6.94. The monoisotopic (exact) mass is 242 g/mol. The van der Waals surface area contributed by atoms with Gasteiger partial charge in [-0.15, -0.1) is 0 Å². The Morgan fingerprint density at radius 2 is 1.82 bits per heavy atom. The highest BCUT2D eigenvalue weighted by atomic mass is 16.3. The Balaban J connectivity index is 3.87. The number of hydrogen-bond donors (Lipinski definition) is 2. The van der Waals surface area contributed by atoms with Crippen LogP contribution in [0.2, 0.25) is 0 Å². The van der Waals surface area contributed by atoms with Gasteiger partial charge in [0.05, 0.1) is 11.7 Å². The summed E-state index contributed by atoms with van der Waals surface area (Å²) in [6.07, 6.45) is 10.1. The Kier molecular flexibility index (Phi) is 8.53. The van der Waals surface area contributed by atoms with Crippen LogP contribution in [0.1, 0.15) is 66.2 Å². The van der Waals surface area contributed by atoms with Gasteiger partial charge in [-0.2, -0.15) is 0 Å². The van der Waals surface area contributed by atoms with Crippen molar-refractivity contribution < 1.29 is 10.2 Å². The molecule has 0 fully saturated rings. The van der Waals surface area contributed by atoms with E-state index < -0.39 is 11.7 Å². The van der Waals surface area contributed by atoms with E-state index in [9.17, 15) is 10.2 Å². The van der Waals surface area contributed by atoms with Crippen LogP contribution in [0.4, 0.5) is 0 Å². The molecule has 0 heterocycles. The largest absolute Gasteiger partial charge is 0.393 e. The molecular formula is C15H30O2. The predicted molar refractivity (Wildman–Crippen MR) is 74.0 cm³/mol. The third-order valence-corrected chi connectivity index (χ3v) is 2.94. The molecule has 17 heavy (non-hydrogen) atoms. The maximum atomic E-state index is 10.1. The summed E-state index contributed by atoms with van der Waals surface area (Å²) in [5.74, 6) is 0.366. The molecule has 2 N–H and O–H groups in total. The fourth-order valence-electron chi connectivity index (χ4n) is 2.32. The second-order valence-electron chi connectivity index (χ2n) is 5.66. The average Bonchev–Trinajstić information content (AvgIpc) is 2.14. The van der Waals surface area contributed by atoms with E-state index in [1.54, 1.807) is 13.8 Å². The van der Waals surface area contributed by atoms with Gasteiger partial charge >= 0.3 is 0 Å². The zero-order valence-corrected chi connectivity index (χ0v) is 11.9. The molecule has 0 saturated carbocycles. The fourth-order valence-corrected chi connectivity index (χ4v) is 2.32. The molecule has 0 saturated heterocycles. The fraction of sp³-hybridized carbons (Fsp3) is 0.867. The number of unbranched alkanes of at least 4 members (excludes halogenated alkanes) is 3. The second kappa shape index (κ2) is 8.71. The molecule has 0 aliphatic heterocycles. The highest BCUT2D eigenvalue weighted by molar-refractivity contribution is 4.90. The van der Waals surface area contributed by atoms with Gasteiger partial charge in [-0.25, -0.2) is 0 Å². The van der Waals surface area contributed by atoms with E-state index in [-0.39, 0.29) is 0 Å². The predicted octanol–water partition coefficient (Wildman–Crippen LogP) is 3.67. The SMILES string of the molecule is CCCCCC=CC(C)CC(C)(O)CC(C)O.